The van der Waals surface area contributed by atoms with Crippen LogP contribution in [-0.4, -0.2) is 42.1 Å². The highest BCUT2D eigenvalue weighted by Crippen LogP contribution is 2.23. The van der Waals surface area contributed by atoms with Crippen LogP contribution in [0.15, 0.2) is 0 Å². The lowest BCUT2D eigenvalue weighted by molar-refractivity contribution is -0.547. The Labute approximate surface area is 137 Å². The lowest BCUT2D eigenvalue weighted by Crippen LogP contribution is -2.49. The first-order chi connectivity index (χ1) is 10.2. The van der Waals surface area contributed by atoms with Crippen LogP contribution in [-0.2, 0) is 38.6 Å². The van der Waals surface area contributed by atoms with Crippen molar-refractivity contribution < 1.29 is 38.6 Å². The van der Waals surface area contributed by atoms with E-state index in [0.29, 0.717) is 0 Å². The van der Waals surface area contributed by atoms with Crippen molar-refractivity contribution in [3.8, 4) is 0 Å². The lowest BCUT2D eigenvalue weighted by atomic mass is 10.2. The molecule has 0 radical (unpaired) electrons. The number of carbonyl (C=O) groups is 2. The third kappa shape index (κ3) is 11.9. The molecule has 8 heteroatoms. The molecule has 0 spiro atoms. The van der Waals surface area contributed by atoms with Crippen LogP contribution in [0.25, 0.3) is 0 Å². The minimum atomic E-state index is -1.75. The summed E-state index contributed by atoms with van der Waals surface area (Å²) in [5, 5.41) is 0. The van der Waals surface area contributed by atoms with Crippen molar-refractivity contribution in [1.82, 2.24) is 0 Å². The molecule has 0 aromatic rings. The predicted molar refractivity (Wildman–Crippen MR) is 79.8 cm³/mol. The second-order valence-corrected chi connectivity index (χ2v) is 7.03. The summed E-state index contributed by atoms with van der Waals surface area (Å²) in [6.45, 7) is 12.2. The molecule has 0 aliphatic carbocycles. The van der Waals surface area contributed by atoms with Crippen molar-refractivity contribution in [1.29, 1.82) is 0 Å². The summed E-state index contributed by atoms with van der Waals surface area (Å²) in [6, 6.07) is 0. The van der Waals surface area contributed by atoms with E-state index >= 15 is 0 Å². The molecule has 0 aromatic heterocycles. The van der Waals surface area contributed by atoms with Crippen LogP contribution in [0.5, 0.6) is 0 Å². The molecule has 0 saturated heterocycles. The second-order valence-electron chi connectivity index (χ2n) is 7.03. The first-order valence-electron chi connectivity index (χ1n) is 7.25. The van der Waals surface area contributed by atoms with E-state index in [1.54, 1.807) is 41.5 Å². The van der Waals surface area contributed by atoms with E-state index in [9.17, 15) is 9.59 Å². The summed E-state index contributed by atoms with van der Waals surface area (Å²) >= 11 is 0. The molecule has 0 amide bonds. The zero-order chi connectivity index (χ0) is 18.3. The molecule has 0 aliphatic rings. The second kappa shape index (κ2) is 8.58. The van der Waals surface area contributed by atoms with E-state index in [1.165, 1.54) is 13.8 Å². The van der Waals surface area contributed by atoms with Gasteiger partial charge in [0.25, 0.3) is 0 Å². The molecular weight excluding hydrogens is 308 g/mol. The minimum absolute atomic E-state index is 0.387. The average molecular weight is 336 g/mol. The summed E-state index contributed by atoms with van der Waals surface area (Å²) in [4.78, 5) is 43.3. The Morgan fingerprint density at radius 2 is 0.957 bits per heavy atom. The van der Waals surface area contributed by atoms with Crippen LogP contribution in [0.1, 0.15) is 55.4 Å². The Morgan fingerprint density at radius 3 is 1.17 bits per heavy atom. The van der Waals surface area contributed by atoms with Gasteiger partial charge in [-0.15, -0.1) is 0 Å². The Morgan fingerprint density at radius 1 is 0.652 bits per heavy atom. The number of hydrogen-bond donors (Lipinski definition) is 0. The van der Waals surface area contributed by atoms with Gasteiger partial charge in [-0.3, -0.25) is 9.59 Å². The van der Waals surface area contributed by atoms with Gasteiger partial charge in [-0.05, 0) is 41.5 Å². The fourth-order valence-electron chi connectivity index (χ4n) is 0.977. The quantitative estimate of drug-likeness (QED) is 0.289. The minimum Gasteiger partial charge on any atom is -0.460 e. The predicted octanol–water partition coefficient (Wildman–Crippen LogP) is 2.30. The van der Waals surface area contributed by atoms with E-state index in [-0.39, 0.29) is 13.2 Å². The zero-order valence-corrected chi connectivity index (χ0v) is 15.2. The molecule has 0 N–H and O–H groups in total. The van der Waals surface area contributed by atoms with Crippen molar-refractivity contribution in [2.45, 2.75) is 72.4 Å². The van der Waals surface area contributed by atoms with E-state index in [1.807, 2.05) is 0 Å². The Kier molecular flexibility index (Phi) is 8.13. The standard InChI is InChI=1S/C15H28O8/c1-11(16)18-9-15(10-19-12(2)17,22-20-13(3,4)5)23-21-14(6,7)8/h9-10H2,1-8H3. The van der Waals surface area contributed by atoms with Crippen molar-refractivity contribution in [3.63, 3.8) is 0 Å². The van der Waals surface area contributed by atoms with Gasteiger partial charge in [0.05, 0.1) is 11.2 Å². The molecule has 0 rings (SSSR count). The highest BCUT2D eigenvalue weighted by molar-refractivity contribution is 5.66. The first-order valence-corrected chi connectivity index (χ1v) is 7.25. The lowest BCUT2D eigenvalue weighted by Gasteiger charge is -2.34. The number of ether oxygens (including phenoxy) is 2. The van der Waals surface area contributed by atoms with Gasteiger partial charge in [0.15, 0.2) is 13.2 Å². The molecule has 0 aliphatic heterocycles. The van der Waals surface area contributed by atoms with Gasteiger partial charge in [0.2, 0.25) is 0 Å². The maximum Gasteiger partial charge on any atom is 0.302 e. The van der Waals surface area contributed by atoms with Crippen molar-refractivity contribution in [2.24, 2.45) is 0 Å². The highest BCUT2D eigenvalue weighted by atomic mass is 17.3. The third-order valence-corrected chi connectivity index (χ3v) is 1.88. The first kappa shape index (κ1) is 21.8. The highest BCUT2D eigenvalue weighted by Gasteiger charge is 2.42. The maximum absolute atomic E-state index is 11.1. The molecular formula is C15H28O8. The summed E-state index contributed by atoms with van der Waals surface area (Å²) in [5.74, 6) is -2.87. The van der Waals surface area contributed by atoms with E-state index < -0.39 is 28.9 Å². The molecule has 0 aromatic carbocycles. The van der Waals surface area contributed by atoms with Crippen LogP contribution in [0.4, 0.5) is 0 Å². The zero-order valence-electron chi connectivity index (χ0n) is 15.2. The summed E-state index contributed by atoms with van der Waals surface area (Å²) in [6.07, 6.45) is 0. The van der Waals surface area contributed by atoms with E-state index in [0.717, 1.165) is 0 Å². The fourth-order valence-corrected chi connectivity index (χ4v) is 0.977. The maximum atomic E-state index is 11.1. The van der Waals surface area contributed by atoms with Gasteiger partial charge in [0.1, 0.15) is 0 Å². The van der Waals surface area contributed by atoms with Gasteiger partial charge in [-0.1, -0.05) is 0 Å². The Bertz CT molecular complexity index is 353. The molecule has 0 atom stereocenters. The van der Waals surface area contributed by atoms with Crippen LogP contribution in [0, 0.1) is 0 Å². The number of rotatable bonds is 8. The SMILES string of the molecule is CC(=O)OCC(COC(C)=O)(OOC(C)(C)C)OOC(C)(C)C. The summed E-state index contributed by atoms with van der Waals surface area (Å²) in [5.41, 5.74) is -1.36. The number of hydrogen-bond acceptors (Lipinski definition) is 8. The number of esters is 2. The van der Waals surface area contributed by atoms with Crippen LogP contribution in [0.3, 0.4) is 0 Å². The molecule has 8 nitrogen and oxygen atoms in total. The van der Waals surface area contributed by atoms with Crippen LogP contribution in [0.2, 0.25) is 0 Å². The molecule has 0 heterocycles. The molecule has 0 fully saturated rings. The average Bonchev–Trinajstić information content (AvgIpc) is 2.34. The number of carbonyl (C=O) groups excluding carboxylic acids is 2. The molecule has 0 bridgehead atoms. The Hall–Kier alpha value is -1.22. The normalized spacial score (nSPS) is 12.9. The van der Waals surface area contributed by atoms with Gasteiger partial charge >= 0.3 is 17.7 Å². The summed E-state index contributed by atoms with van der Waals surface area (Å²) in [7, 11) is 0. The van der Waals surface area contributed by atoms with Gasteiger partial charge in [-0.25, -0.2) is 9.78 Å². The smallest absolute Gasteiger partial charge is 0.302 e. The van der Waals surface area contributed by atoms with Crippen molar-refractivity contribution in [3.05, 3.63) is 0 Å². The topological polar surface area (TPSA) is 89.5 Å². The van der Waals surface area contributed by atoms with Crippen molar-refractivity contribution >= 4 is 11.9 Å². The molecule has 0 saturated carbocycles. The van der Waals surface area contributed by atoms with Crippen molar-refractivity contribution in [2.75, 3.05) is 13.2 Å². The van der Waals surface area contributed by atoms with Crippen LogP contribution >= 0.6 is 0 Å². The molecule has 0 unspecified atom stereocenters. The molecule has 23 heavy (non-hydrogen) atoms. The van der Waals surface area contributed by atoms with E-state index in [4.69, 9.17) is 29.0 Å². The largest absolute Gasteiger partial charge is 0.460 e. The monoisotopic (exact) mass is 336 g/mol. The molecule has 136 valence electrons. The fraction of sp³-hybridized carbons (Fsp3) is 0.867. The Balaban J connectivity index is 5.21. The summed E-state index contributed by atoms with van der Waals surface area (Å²) < 4.78 is 9.86. The van der Waals surface area contributed by atoms with Gasteiger partial charge in [0, 0.05) is 13.8 Å². The van der Waals surface area contributed by atoms with Gasteiger partial charge < -0.3 is 9.47 Å². The van der Waals surface area contributed by atoms with Crippen LogP contribution < -0.4 is 0 Å². The van der Waals surface area contributed by atoms with E-state index in [2.05, 4.69) is 0 Å². The van der Waals surface area contributed by atoms with Gasteiger partial charge in [-0.2, -0.15) is 9.78 Å². The third-order valence-electron chi connectivity index (χ3n) is 1.88.